The van der Waals surface area contributed by atoms with Crippen LogP contribution in [0.4, 0.5) is 5.82 Å². The van der Waals surface area contributed by atoms with E-state index in [1.165, 1.54) is 25.7 Å². The third kappa shape index (κ3) is 5.56. The highest BCUT2D eigenvalue weighted by Gasteiger charge is 2.35. The van der Waals surface area contributed by atoms with E-state index in [0.717, 1.165) is 62.9 Å². The molecule has 3 heterocycles. The molecule has 7 nitrogen and oxygen atoms in total. The van der Waals surface area contributed by atoms with Crippen molar-refractivity contribution in [1.29, 1.82) is 0 Å². The minimum Gasteiger partial charge on any atom is -0.356 e. The quantitative estimate of drug-likeness (QED) is 0.371. The molecule has 2 unspecified atom stereocenters. The van der Waals surface area contributed by atoms with Crippen molar-refractivity contribution in [1.82, 2.24) is 20.1 Å². The Bertz CT molecular complexity index is 693. The molecule has 3 aliphatic rings. The maximum atomic E-state index is 12.6. The molecule has 0 aromatic carbocycles. The average molecular weight is 526 g/mol. The topological polar surface area (TPSA) is 64.1 Å². The van der Waals surface area contributed by atoms with Crippen molar-refractivity contribution < 1.29 is 4.79 Å². The van der Waals surface area contributed by atoms with Crippen molar-refractivity contribution in [3.05, 3.63) is 24.4 Å². The Morgan fingerprint density at radius 2 is 1.80 bits per heavy atom. The van der Waals surface area contributed by atoms with Crippen LogP contribution in [0.25, 0.3) is 0 Å². The highest BCUT2D eigenvalue weighted by Crippen LogP contribution is 2.35. The maximum Gasteiger partial charge on any atom is 0.224 e. The number of nitrogens with one attached hydrogen (secondary N) is 1. The molecule has 2 saturated heterocycles. The number of piperazine rings is 1. The van der Waals surface area contributed by atoms with Gasteiger partial charge in [-0.25, -0.2) is 4.98 Å². The highest BCUT2D eigenvalue weighted by molar-refractivity contribution is 14.0. The fourth-order valence-corrected chi connectivity index (χ4v) is 5.08. The van der Waals surface area contributed by atoms with Crippen molar-refractivity contribution in [2.45, 2.75) is 32.1 Å². The fourth-order valence-electron chi connectivity index (χ4n) is 5.08. The van der Waals surface area contributed by atoms with Crippen LogP contribution in [0.15, 0.2) is 29.4 Å². The van der Waals surface area contributed by atoms with Gasteiger partial charge in [-0.1, -0.05) is 18.9 Å². The first kappa shape index (κ1) is 23.1. The van der Waals surface area contributed by atoms with Crippen LogP contribution >= 0.6 is 24.0 Å². The molecule has 1 aromatic rings. The van der Waals surface area contributed by atoms with Crippen molar-refractivity contribution in [3.63, 3.8) is 0 Å². The van der Waals surface area contributed by atoms with Gasteiger partial charge < -0.3 is 20.0 Å². The highest BCUT2D eigenvalue weighted by atomic mass is 127. The summed E-state index contributed by atoms with van der Waals surface area (Å²) in [6.07, 6.45) is 7.82. The summed E-state index contributed by atoms with van der Waals surface area (Å²) in [7, 11) is 1.85. The number of aromatic nitrogens is 1. The van der Waals surface area contributed by atoms with Crippen molar-refractivity contribution >= 4 is 41.7 Å². The first-order valence-corrected chi connectivity index (χ1v) is 11.1. The van der Waals surface area contributed by atoms with Crippen LogP contribution in [-0.2, 0) is 4.79 Å². The number of carbonyl (C=O) groups excluding carboxylic acids is 1. The smallest absolute Gasteiger partial charge is 0.224 e. The molecule has 4 rings (SSSR count). The molecule has 1 N–H and O–H groups in total. The predicted octanol–water partition coefficient (Wildman–Crippen LogP) is 2.44. The Morgan fingerprint density at radius 1 is 1.10 bits per heavy atom. The van der Waals surface area contributed by atoms with E-state index in [9.17, 15) is 4.79 Å². The van der Waals surface area contributed by atoms with Crippen molar-refractivity contribution in [3.8, 4) is 0 Å². The van der Waals surface area contributed by atoms with E-state index in [1.807, 2.05) is 36.3 Å². The lowest BCUT2D eigenvalue weighted by molar-refractivity contribution is -0.131. The Balaban J connectivity index is 0.00000256. The zero-order valence-corrected chi connectivity index (χ0v) is 20.3. The molecular weight excluding hydrogens is 491 g/mol. The monoisotopic (exact) mass is 526 g/mol. The Labute approximate surface area is 197 Å². The van der Waals surface area contributed by atoms with Crippen LogP contribution in [0.1, 0.15) is 32.1 Å². The second-order valence-corrected chi connectivity index (χ2v) is 8.49. The third-order valence-corrected chi connectivity index (χ3v) is 6.72. The summed E-state index contributed by atoms with van der Waals surface area (Å²) in [5, 5.41) is 3.43. The van der Waals surface area contributed by atoms with Gasteiger partial charge in [0.2, 0.25) is 5.91 Å². The van der Waals surface area contributed by atoms with Gasteiger partial charge in [-0.2, -0.15) is 0 Å². The number of pyridine rings is 1. The van der Waals surface area contributed by atoms with Crippen LogP contribution < -0.4 is 10.2 Å². The van der Waals surface area contributed by atoms with E-state index in [-0.39, 0.29) is 29.9 Å². The number of guanidine groups is 1. The van der Waals surface area contributed by atoms with Gasteiger partial charge in [-0.05, 0) is 36.8 Å². The van der Waals surface area contributed by atoms with Gasteiger partial charge in [0.1, 0.15) is 5.82 Å². The number of halogens is 1. The van der Waals surface area contributed by atoms with E-state index in [0.29, 0.717) is 13.0 Å². The number of carbonyl (C=O) groups is 1. The zero-order valence-electron chi connectivity index (χ0n) is 18.0. The van der Waals surface area contributed by atoms with Gasteiger partial charge in [0.15, 0.2) is 5.96 Å². The minimum atomic E-state index is 0. The molecular formula is C22H35IN6O. The number of aliphatic imine (C=N–C) groups is 1. The summed E-state index contributed by atoms with van der Waals surface area (Å²) < 4.78 is 0. The molecule has 0 spiro atoms. The first-order chi connectivity index (χ1) is 14.2. The minimum absolute atomic E-state index is 0. The first-order valence-electron chi connectivity index (χ1n) is 11.1. The third-order valence-electron chi connectivity index (χ3n) is 6.72. The maximum absolute atomic E-state index is 12.6. The van der Waals surface area contributed by atoms with E-state index < -0.39 is 0 Å². The molecule has 1 aliphatic carbocycles. The number of anilines is 1. The van der Waals surface area contributed by atoms with Crippen LogP contribution in [0.2, 0.25) is 0 Å². The summed E-state index contributed by atoms with van der Waals surface area (Å²) in [6, 6.07) is 5.97. The molecule has 1 saturated carbocycles. The fraction of sp³-hybridized carbons (Fsp3) is 0.682. The number of rotatable bonds is 4. The summed E-state index contributed by atoms with van der Waals surface area (Å²) in [5.41, 5.74) is 0. The van der Waals surface area contributed by atoms with E-state index in [2.05, 4.69) is 25.1 Å². The molecule has 166 valence electrons. The van der Waals surface area contributed by atoms with Crippen LogP contribution in [-0.4, -0.2) is 79.5 Å². The normalized spacial score (nSPS) is 24.3. The summed E-state index contributed by atoms with van der Waals surface area (Å²) in [4.78, 5) is 28.1. The molecule has 1 amide bonds. The van der Waals surface area contributed by atoms with Gasteiger partial charge in [0.25, 0.3) is 0 Å². The van der Waals surface area contributed by atoms with Gasteiger partial charge in [-0.3, -0.25) is 9.79 Å². The van der Waals surface area contributed by atoms with Crippen LogP contribution in [0.3, 0.4) is 0 Å². The second kappa shape index (κ2) is 11.2. The number of amides is 1. The molecule has 3 fully saturated rings. The summed E-state index contributed by atoms with van der Waals surface area (Å²) >= 11 is 0. The van der Waals surface area contributed by atoms with E-state index in [4.69, 9.17) is 0 Å². The van der Waals surface area contributed by atoms with Crippen LogP contribution in [0, 0.1) is 11.8 Å². The van der Waals surface area contributed by atoms with Crippen molar-refractivity contribution in [2.75, 3.05) is 57.8 Å². The number of hydrogen-bond donors (Lipinski definition) is 1. The van der Waals surface area contributed by atoms with Gasteiger partial charge in [0, 0.05) is 65.5 Å². The lowest BCUT2D eigenvalue weighted by atomic mass is 9.82. The predicted molar refractivity (Wildman–Crippen MR) is 131 cm³/mol. The van der Waals surface area contributed by atoms with Crippen LogP contribution in [0.5, 0.6) is 0 Å². The molecule has 0 bridgehead atoms. The largest absolute Gasteiger partial charge is 0.356 e. The van der Waals surface area contributed by atoms with Crippen molar-refractivity contribution in [2.24, 2.45) is 16.8 Å². The SMILES string of the molecule is CN=C(NCCC(=O)N1CCN(c2ccccn2)CC1)N1CC2CCCCC2C1.I. The molecule has 30 heavy (non-hydrogen) atoms. The van der Waals surface area contributed by atoms with E-state index in [1.54, 1.807) is 0 Å². The Morgan fingerprint density at radius 3 is 2.40 bits per heavy atom. The van der Waals surface area contributed by atoms with Gasteiger partial charge in [-0.15, -0.1) is 24.0 Å². The van der Waals surface area contributed by atoms with Gasteiger partial charge >= 0.3 is 0 Å². The van der Waals surface area contributed by atoms with E-state index >= 15 is 0 Å². The Kier molecular flexibility index (Phi) is 8.59. The summed E-state index contributed by atoms with van der Waals surface area (Å²) in [5.74, 6) is 3.85. The Hall–Kier alpha value is -1.58. The lowest BCUT2D eigenvalue weighted by Gasteiger charge is -2.35. The zero-order chi connectivity index (χ0) is 20.1. The molecule has 2 atom stereocenters. The molecule has 2 aliphatic heterocycles. The molecule has 1 aromatic heterocycles. The molecule has 8 heteroatoms. The lowest BCUT2D eigenvalue weighted by Crippen LogP contribution is -2.49. The standard InChI is InChI=1S/C22H34N6O.HI/c1-23-22(28-16-18-6-2-3-7-19(18)17-28)25-11-9-21(29)27-14-12-26(13-15-27)20-8-4-5-10-24-20;/h4-5,8,10,18-19H,2-3,6-7,9,11-17H2,1H3,(H,23,25);1H. The number of likely N-dealkylation sites (tertiary alicyclic amines) is 1. The number of nitrogens with zero attached hydrogens (tertiary/aromatic N) is 5. The summed E-state index contributed by atoms with van der Waals surface area (Å²) in [6.45, 7) is 6.10. The molecule has 0 radical (unpaired) electrons. The van der Waals surface area contributed by atoms with Gasteiger partial charge in [0.05, 0.1) is 0 Å². The second-order valence-electron chi connectivity index (χ2n) is 8.49. The average Bonchev–Trinajstić information content (AvgIpc) is 3.21. The number of hydrogen-bond acceptors (Lipinski definition) is 4. The number of fused-ring (bicyclic) bond motifs is 1.